The summed E-state index contributed by atoms with van der Waals surface area (Å²) in [6.45, 7) is 2.03. The Balaban J connectivity index is 1.85. The van der Waals surface area contributed by atoms with E-state index in [-0.39, 0.29) is 0 Å². The Morgan fingerprint density at radius 1 is 1.50 bits per heavy atom. The summed E-state index contributed by atoms with van der Waals surface area (Å²) in [6.07, 6.45) is 9.48. The Hall–Kier alpha value is -0.870. The highest BCUT2D eigenvalue weighted by Gasteiger charge is 2.24. The van der Waals surface area contributed by atoms with Gasteiger partial charge in [-0.25, -0.2) is 4.98 Å². The van der Waals surface area contributed by atoms with E-state index in [0.29, 0.717) is 6.04 Å². The Bertz CT molecular complexity index is 354. The number of aromatic nitrogens is 2. The van der Waals surface area contributed by atoms with E-state index < -0.39 is 0 Å². The lowest BCUT2D eigenvalue weighted by molar-refractivity contribution is 0.237. The SMILES string of the molecule is CNC(CN(C)Cc1nccn1C)C1CCCC1. The monoisotopic (exact) mass is 250 g/mol. The zero-order valence-electron chi connectivity index (χ0n) is 11.9. The summed E-state index contributed by atoms with van der Waals surface area (Å²) >= 11 is 0. The molecule has 0 bridgehead atoms. The number of nitrogens with zero attached hydrogens (tertiary/aromatic N) is 3. The van der Waals surface area contributed by atoms with Gasteiger partial charge in [-0.1, -0.05) is 12.8 Å². The van der Waals surface area contributed by atoms with Crippen molar-refractivity contribution in [1.82, 2.24) is 19.8 Å². The van der Waals surface area contributed by atoms with Crippen molar-refractivity contribution in [2.24, 2.45) is 13.0 Å². The second-order valence-corrected chi connectivity index (χ2v) is 5.59. The van der Waals surface area contributed by atoms with Gasteiger partial charge in [-0.15, -0.1) is 0 Å². The first-order valence-electron chi connectivity index (χ1n) is 7.02. The van der Waals surface area contributed by atoms with Crippen LogP contribution in [-0.4, -0.2) is 41.1 Å². The Kier molecular flexibility index (Phi) is 4.78. The minimum atomic E-state index is 0.623. The predicted molar refractivity (Wildman–Crippen MR) is 74.3 cm³/mol. The van der Waals surface area contributed by atoms with Crippen LogP contribution < -0.4 is 5.32 Å². The minimum absolute atomic E-state index is 0.623. The van der Waals surface area contributed by atoms with Crippen LogP contribution in [0.3, 0.4) is 0 Å². The van der Waals surface area contributed by atoms with Crippen LogP contribution in [0.5, 0.6) is 0 Å². The van der Waals surface area contributed by atoms with Gasteiger partial charge in [0.05, 0.1) is 6.54 Å². The van der Waals surface area contributed by atoms with Gasteiger partial charge in [0, 0.05) is 32.0 Å². The molecule has 1 fully saturated rings. The Morgan fingerprint density at radius 3 is 2.78 bits per heavy atom. The molecule has 0 radical (unpaired) electrons. The van der Waals surface area contributed by atoms with E-state index in [1.807, 2.05) is 12.4 Å². The molecule has 0 saturated heterocycles. The molecule has 18 heavy (non-hydrogen) atoms. The van der Waals surface area contributed by atoms with E-state index in [0.717, 1.165) is 24.8 Å². The fraction of sp³-hybridized carbons (Fsp3) is 0.786. The van der Waals surface area contributed by atoms with Gasteiger partial charge in [-0.3, -0.25) is 4.90 Å². The van der Waals surface area contributed by atoms with Crippen molar-refractivity contribution in [3.05, 3.63) is 18.2 Å². The standard InChI is InChI=1S/C14H26N4/c1-15-13(12-6-4-5-7-12)10-17(2)11-14-16-8-9-18(14)3/h8-9,12-13,15H,4-7,10-11H2,1-3H3. The molecular weight excluding hydrogens is 224 g/mol. The van der Waals surface area contributed by atoms with Crippen molar-refractivity contribution in [2.45, 2.75) is 38.3 Å². The third kappa shape index (κ3) is 3.33. The topological polar surface area (TPSA) is 33.1 Å². The number of aryl methyl sites for hydroxylation is 1. The van der Waals surface area contributed by atoms with Crippen molar-refractivity contribution in [3.8, 4) is 0 Å². The van der Waals surface area contributed by atoms with Gasteiger partial charge in [-0.05, 0) is 32.9 Å². The van der Waals surface area contributed by atoms with Crippen LogP contribution in [0.2, 0.25) is 0 Å². The van der Waals surface area contributed by atoms with E-state index in [1.165, 1.54) is 25.7 Å². The zero-order chi connectivity index (χ0) is 13.0. The third-order valence-electron chi connectivity index (χ3n) is 4.18. The summed E-state index contributed by atoms with van der Waals surface area (Å²) in [5.74, 6) is 2.00. The highest BCUT2D eigenvalue weighted by atomic mass is 15.2. The first kappa shape index (κ1) is 13.6. The van der Waals surface area contributed by atoms with Crippen LogP contribution in [0.15, 0.2) is 12.4 Å². The molecule has 0 amide bonds. The van der Waals surface area contributed by atoms with E-state index in [1.54, 1.807) is 0 Å². The quantitative estimate of drug-likeness (QED) is 0.833. The number of likely N-dealkylation sites (N-methyl/N-ethyl adjacent to an activating group) is 2. The Morgan fingerprint density at radius 2 is 2.22 bits per heavy atom. The van der Waals surface area contributed by atoms with Crippen LogP contribution >= 0.6 is 0 Å². The molecule has 2 rings (SSSR count). The molecule has 1 N–H and O–H groups in total. The molecule has 4 heteroatoms. The second kappa shape index (κ2) is 6.34. The molecule has 0 spiro atoms. The smallest absolute Gasteiger partial charge is 0.122 e. The second-order valence-electron chi connectivity index (χ2n) is 5.59. The zero-order valence-corrected chi connectivity index (χ0v) is 11.9. The molecule has 4 nitrogen and oxygen atoms in total. The van der Waals surface area contributed by atoms with Crippen LogP contribution in [-0.2, 0) is 13.6 Å². The lowest BCUT2D eigenvalue weighted by atomic mass is 9.98. The first-order chi connectivity index (χ1) is 8.70. The molecular formula is C14H26N4. The molecule has 1 aliphatic carbocycles. The van der Waals surface area contributed by atoms with Crippen molar-refractivity contribution in [1.29, 1.82) is 0 Å². The highest BCUT2D eigenvalue weighted by Crippen LogP contribution is 2.27. The number of nitrogens with one attached hydrogen (secondary N) is 1. The molecule has 1 atom stereocenters. The fourth-order valence-electron chi connectivity index (χ4n) is 3.03. The summed E-state index contributed by atoms with van der Waals surface area (Å²) in [4.78, 5) is 6.76. The molecule has 1 saturated carbocycles. The van der Waals surface area contributed by atoms with Crippen molar-refractivity contribution < 1.29 is 0 Å². The third-order valence-corrected chi connectivity index (χ3v) is 4.18. The van der Waals surface area contributed by atoms with E-state index in [4.69, 9.17) is 0 Å². The van der Waals surface area contributed by atoms with E-state index >= 15 is 0 Å². The van der Waals surface area contributed by atoms with Crippen LogP contribution in [0.1, 0.15) is 31.5 Å². The summed E-state index contributed by atoms with van der Waals surface area (Å²) in [5, 5.41) is 3.50. The van der Waals surface area contributed by atoms with Crippen molar-refractivity contribution >= 4 is 0 Å². The summed E-state index contributed by atoms with van der Waals surface area (Å²) in [7, 11) is 6.34. The van der Waals surface area contributed by atoms with Gasteiger partial charge in [0.1, 0.15) is 5.82 Å². The molecule has 1 aromatic rings. The van der Waals surface area contributed by atoms with Crippen LogP contribution in [0.4, 0.5) is 0 Å². The number of imidazole rings is 1. The van der Waals surface area contributed by atoms with Crippen molar-refractivity contribution in [3.63, 3.8) is 0 Å². The Labute approximate surface area is 110 Å². The fourth-order valence-corrected chi connectivity index (χ4v) is 3.03. The minimum Gasteiger partial charge on any atom is -0.337 e. The lowest BCUT2D eigenvalue weighted by Gasteiger charge is -2.28. The average Bonchev–Trinajstić information content (AvgIpc) is 2.99. The maximum absolute atomic E-state index is 4.39. The molecule has 1 unspecified atom stereocenters. The summed E-state index contributed by atoms with van der Waals surface area (Å²) < 4.78 is 2.10. The number of hydrogen-bond acceptors (Lipinski definition) is 3. The van der Waals surface area contributed by atoms with E-state index in [2.05, 4.69) is 40.9 Å². The highest BCUT2D eigenvalue weighted by molar-refractivity contribution is 4.91. The van der Waals surface area contributed by atoms with Gasteiger partial charge in [0.2, 0.25) is 0 Å². The summed E-state index contributed by atoms with van der Waals surface area (Å²) in [5.41, 5.74) is 0. The van der Waals surface area contributed by atoms with Crippen LogP contribution in [0.25, 0.3) is 0 Å². The average molecular weight is 250 g/mol. The molecule has 1 heterocycles. The number of rotatable bonds is 6. The molecule has 1 aliphatic rings. The van der Waals surface area contributed by atoms with Crippen LogP contribution in [0, 0.1) is 5.92 Å². The first-order valence-corrected chi connectivity index (χ1v) is 7.02. The normalized spacial score (nSPS) is 18.7. The molecule has 0 aliphatic heterocycles. The van der Waals surface area contributed by atoms with Gasteiger partial charge < -0.3 is 9.88 Å². The molecule has 0 aromatic carbocycles. The van der Waals surface area contributed by atoms with E-state index in [9.17, 15) is 0 Å². The predicted octanol–water partition coefficient (Wildman–Crippen LogP) is 1.63. The number of hydrogen-bond donors (Lipinski definition) is 1. The molecule has 102 valence electrons. The van der Waals surface area contributed by atoms with Gasteiger partial charge in [0.25, 0.3) is 0 Å². The van der Waals surface area contributed by atoms with Gasteiger partial charge in [-0.2, -0.15) is 0 Å². The maximum Gasteiger partial charge on any atom is 0.122 e. The van der Waals surface area contributed by atoms with Gasteiger partial charge in [0.15, 0.2) is 0 Å². The summed E-state index contributed by atoms with van der Waals surface area (Å²) in [6, 6.07) is 0.623. The van der Waals surface area contributed by atoms with Crippen molar-refractivity contribution in [2.75, 3.05) is 20.6 Å². The van der Waals surface area contributed by atoms with Gasteiger partial charge >= 0.3 is 0 Å². The largest absolute Gasteiger partial charge is 0.337 e. The lowest BCUT2D eigenvalue weighted by Crippen LogP contribution is -2.42. The molecule has 1 aromatic heterocycles. The maximum atomic E-state index is 4.39.